The molecular weight excluding hydrogens is 328 g/mol. The molecule has 2 aromatic rings. The number of carbonyl (C=O) groups excluding carboxylic acids is 1. The summed E-state index contributed by atoms with van der Waals surface area (Å²) < 4.78 is 7.59. The van der Waals surface area contributed by atoms with Gasteiger partial charge in [0.05, 0.1) is 11.9 Å². The Hall–Kier alpha value is -2.34. The molecule has 0 saturated carbocycles. The Bertz CT molecular complexity index is 793. The number of aryl methyl sites for hydroxylation is 1. The zero-order valence-corrected chi connectivity index (χ0v) is 15.3. The molecule has 3 heterocycles. The average Bonchev–Trinajstić information content (AvgIpc) is 3.29. The van der Waals surface area contributed by atoms with Gasteiger partial charge in [-0.1, -0.05) is 11.6 Å². The summed E-state index contributed by atoms with van der Waals surface area (Å²) in [4.78, 5) is 14.8. The fraction of sp³-hybridized carbons (Fsp3) is 0.500. The molecule has 6 heteroatoms. The number of amides is 1. The van der Waals surface area contributed by atoms with Crippen LogP contribution in [-0.2, 0) is 17.9 Å². The van der Waals surface area contributed by atoms with Gasteiger partial charge in [-0.15, -0.1) is 0 Å². The molecule has 4 rings (SSSR count). The van der Waals surface area contributed by atoms with Crippen molar-refractivity contribution in [2.75, 3.05) is 26.2 Å². The van der Waals surface area contributed by atoms with Crippen LogP contribution < -0.4 is 10.1 Å². The second kappa shape index (κ2) is 7.50. The van der Waals surface area contributed by atoms with Crippen LogP contribution in [0.25, 0.3) is 11.3 Å². The van der Waals surface area contributed by atoms with Crippen LogP contribution in [0.5, 0.6) is 5.75 Å². The van der Waals surface area contributed by atoms with Gasteiger partial charge in [0, 0.05) is 17.7 Å². The van der Waals surface area contributed by atoms with Crippen molar-refractivity contribution in [2.45, 2.75) is 39.3 Å². The van der Waals surface area contributed by atoms with E-state index in [1.54, 1.807) is 10.9 Å². The third kappa shape index (κ3) is 3.60. The van der Waals surface area contributed by atoms with E-state index in [9.17, 15) is 4.79 Å². The second-order valence-electron chi connectivity index (χ2n) is 7.22. The van der Waals surface area contributed by atoms with E-state index < -0.39 is 0 Å². The third-order valence-electron chi connectivity index (χ3n) is 5.15. The van der Waals surface area contributed by atoms with Crippen LogP contribution >= 0.6 is 0 Å². The quantitative estimate of drug-likeness (QED) is 0.809. The standard InChI is InChI=1S/C20H26N4O2/c1-15-5-6-18-17(11-15)20-16(14-26-18)12-22-24(20)13-19(25)21-7-4-10-23-8-2-3-9-23/h5-6,11-12H,2-4,7-10,13-14H2,1H3,(H,21,25). The van der Waals surface area contributed by atoms with Crippen LogP contribution in [0.2, 0.25) is 0 Å². The first-order valence-electron chi connectivity index (χ1n) is 9.48. The van der Waals surface area contributed by atoms with E-state index >= 15 is 0 Å². The van der Waals surface area contributed by atoms with Gasteiger partial charge in [-0.3, -0.25) is 9.48 Å². The fourth-order valence-electron chi connectivity index (χ4n) is 3.80. The number of hydrogen-bond acceptors (Lipinski definition) is 4. The Labute approximate surface area is 154 Å². The van der Waals surface area contributed by atoms with E-state index in [2.05, 4.69) is 28.3 Å². The lowest BCUT2D eigenvalue weighted by Crippen LogP contribution is -2.31. The molecule has 0 radical (unpaired) electrons. The summed E-state index contributed by atoms with van der Waals surface area (Å²) in [5, 5.41) is 7.45. The van der Waals surface area contributed by atoms with Gasteiger partial charge in [-0.25, -0.2) is 0 Å². The molecule has 0 bridgehead atoms. The van der Waals surface area contributed by atoms with E-state index in [4.69, 9.17) is 4.74 Å². The minimum Gasteiger partial charge on any atom is -0.488 e. The Morgan fingerprint density at radius 2 is 2.15 bits per heavy atom. The van der Waals surface area contributed by atoms with Gasteiger partial charge in [0.15, 0.2) is 0 Å². The van der Waals surface area contributed by atoms with Crippen molar-refractivity contribution in [3.8, 4) is 17.0 Å². The molecule has 0 atom stereocenters. The number of benzene rings is 1. The molecule has 2 aliphatic rings. The van der Waals surface area contributed by atoms with Gasteiger partial charge >= 0.3 is 0 Å². The second-order valence-corrected chi connectivity index (χ2v) is 7.22. The fourth-order valence-corrected chi connectivity index (χ4v) is 3.80. The summed E-state index contributed by atoms with van der Waals surface area (Å²) in [5.41, 5.74) is 4.22. The molecule has 6 nitrogen and oxygen atoms in total. The Morgan fingerprint density at radius 3 is 3.00 bits per heavy atom. The number of hydrogen-bond donors (Lipinski definition) is 1. The highest BCUT2D eigenvalue weighted by Gasteiger charge is 2.23. The average molecular weight is 354 g/mol. The van der Waals surface area contributed by atoms with Crippen molar-refractivity contribution in [2.24, 2.45) is 0 Å². The van der Waals surface area contributed by atoms with Gasteiger partial charge in [0.25, 0.3) is 0 Å². The van der Waals surface area contributed by atoms with E-state index in [-0.39, 0.29) is 12.5 Å². The van der Waals surface area contributed by atoms with Crippen LogP contribution in [0.1, 0.15) is 30.4 Å². The minimum absolute atomic E-state index is 0.0121. The van der Waals surface area contributed by atoms with Crippen LogP contribution in [-0.4, -0.2) is 46.8 Å². The van der Waals surface area contributed by atoms with Gasteiger partial charge in [-0.2, -0.15) is 5.10 Å². The number of likely N-dealkylation sites (tertiary alicyclic amines) is 1. The zero-order valence-electron chi connectivity index (χ0n) is 15.3. The van der Waals surface area contributed by atoms with Gasteiger partial charge in [0.2, 0.25) is 5.91 Å². The van der Waals surface area contributed by atoms with Crippen molar-refractivity contribution in [3.63, 3.8) is 0 Å². The molecular formula is C20H26N4O2. The van der Waals surface area contributed by atoms with E-state index in [1.165, 1.54) is 31.5 Å². The Balaban J connectivity index is 1.37. The maximum atomic E-state index is 12.4. The largest absolute Gasteiger partial charge is 0.488 e. The van der Waals surface area contributed by atoms with Crippen LogP contribution in [0.3, 0.4) is 0 Å². The molecule has 0 spiro atoms. The molecule has 1 aromatic heterocycles. The summed E-state index contributed by atoms with van der Waals surface area (Å²) in [6.45, 7) is 7.00. The number of rotatable bonds is 6. The van der Waals surface area contributed by atoms with Crippen molar-refractivity contribution < 1.29 is 9.53 Å². The number of nitrogens with one attached hydrogen (secondary N) is 1. The summed E-state index contributed by atoms with van der Waals surface area (Å²) in [7, 11) is 0. The molecule has 1 amide bonds. The first-order valence-corrected chi connectivity index (χ1v) is 9.48. The van der Waals surface area contributed by atoms with Crippen molar-refractivity contribution in [3.05, 3.63) is 35.5 Å². The molecule has 2 aliphatic heterocycles. The van der Waals surface area contributed by atoms with Gasteiger partial charge < -0.3 is 15.0 Å². The van der Waals surface area contributed by atoms with Crippen LogP contribution in [0, 0.1) is 6.92 Å². The maximum Gasteiger partial charge on any atom is 0.241 e. The lowest BCUT2D eigenvalue weighted by atomic mass is 10.0. The first-order chi connectivity index (χ1) is 12.7. The van der Waals surface area contributed by atoms with Crippen LogP contribution in [0.4, 0.5) is 0 Å². The zero-order chi connectivity index (χ0) is 17.9. The lowest BCUT2D eigenvalue weighted by molar-refractivity contribution is -0.121. The van der Waals surface area contributed by atoms with Crippen molar-refractivity contribution in [1.29, 1.82) is 0 Å². The summed E-state index contributed by atoms with van der Waals surface area (Å²) >= 11 is 0. The summed E-state index contributed by atoms with van der Waals surface area (Å²) in [5.74, 6) is 0.869. The highest BCUT2D eigenvalue weighted by atomic mass is 16.5. The lowest BCUT2D eigenvalue weighted by Gasteiger charge is -2.20. The normalized spacial score (nSPS) is 16.0. The van der Waals surface area contributed by atoms with Gasteiger partial charge in [-0.05, 0) is 58.0 Å². The molecule has 1 aromatic carbocycles. The number of ether oxygens (including phenoxy) is 1. The van der Waals surface area contributed by atoms with E-state index in [0.29, 0.717) is 6.61 Å². The van der Waals surface area contributed by atoms with Crippen molar-refractivity contribution in [1.82, 2.24) is 20.0 Å². The Kier molecular flexibility index (Phi) is 4.93. The van der Waals surface area contributed by atoms with Crippen LogP contribution in [0.15, 0.2) is 24.4 Å². The predicted octanol–water partition coefficient (Wildman–Crippen LogP) is 2.35. The van der Waals surface area contributed by atoms with E-state index in [0.717, 1.165) is 42.1 Å². The molecule has 1 fully saturated rings. The molecule has 138 valence electrons. The third-order valence-corrected chi connectivity index (χ3v) is 5.15. The molecule has 1 saturated heterocycles. The highest BCUT2D eigenvalue weighted by molar-refractivity contribution is 5.78. The van der Waals surface area contributed by atoms with Crippen molar-refractivity contribution >= 4 is 5.91 Å². The number of fused-ring (bicyclic) bond motifs is 3. The summed E-state index contributed by atoms with van der Waals surface area (Å²) in [6, 6.07) is 6.13. The minimum atomic E-state index is 0.0121. The monoisotopic (exact) mass is 354 g/mol. The van der Waals surface area contributed by atoms with Gasteiger partial charge in [0.1, 0.15) is 18.9 Å². The predicted molar refractivity (Wildman–Crippen MR) is 100 cm³/mol. The Morgan fingerprint density at radius 1 is 1.31 bits per heavy atom. The SMILES string of the molecule is Cc1ccc2c(c1)-c1c(cnn1CC(=O)NCCCN1CCCC1)CO2. The maximum absolute atomic E-state index is 12.4. The first kappa shape index (κ1) is 17.1. The molecule has 1 N–H and O–H groups in total. The molecule has 0 aliphatic carbocycles. The van der Waals surface area contributed by atoms with E-state index in [1.807, 2.05) is 12.1 Å². The number of carbonyl (C=O) groups is 1. The highest BCUT2D eigenvalue weighted by Crippen LogP contribution is 2.37. The smallest absolute Gasteiger partial charge is 0.241 e. The summed E-state index contributed by atoms with van der Waals surface area (Å²) in [6.07, 6.45) is 5.42. The molecule has 0 unspecified atom stereocenters. The molecule has 26 heavy (non-hydrogen) atoms. The number of nitrogens with zero attached hydrogens (tertiary/aromatic N) is 3. The topological polar surface area (TPSA) is 59.4 Å². The number of aromatic nitrogens is 2.